The third kappa shape index (κ3) is 4.10. The molecule has 122 valence electrons. The van der Waals surface area contributed by atoms with Gasteiger partial charge >= 0.3 is 13.1 Å². The number of nitrogens with one attached hydrogen (secondary N) is 1. The van der Waals surface area contributed by atoms with Gasteiger partial charge in [0.1, 0.15) is 17.1 Å². The minimum Gasteiger partial charge on any atom is -0.534 e. The number of methoxy groups -OCH3 is 1. The lowest BCUT2D eigenvalue weighted by atomic mass is 9.72. The van der Waals surface area contributed by atoms with Crippen LogP contribution in [0.1, 0.15) is 35.7 Å². The second-order valence-corrected chi connectivity index (χ2v) is 5.37. The summed E-state index contributed by atoms with van der Waals surface area (Å²) >= 11 is 0. The summed E-state index contributed by atoms with van der Waals surface area (Å²) in [7, 11) is -0.0199. The first-order valence-electron chi connectivity index (χ1n) is 7.26. The summed E-state index contributed by atoms with van der Waals surface area (Å²) in [6, 6.07) is 4.98. The van der Waals surface area contributed by atoms with E-state index in [-0.39, 0.29) is 35.8 Å². The average Bonchev–Trinajstić information content (AvgIpc) is 2.52. The number of esters is 1. The predicted molar refractivity (Wildman–Crippen MR) is 81.9 cm³/mol. The molecule has 0 fully saturated rings. The van der Waals surface area contributed by atoms with Crippen molar-refractivity contribution in [2.45, 2.75) is 32.1 Å². The summed E-state index contributed by atoms with van der Waals surface area (Å²) in [5.41, 5.74) is 0.917. The third-order valence-electron chi connectivity index (χ3n) is 3.58. The molecule has 7 nitrogen and oxygen atoms in total. The largest absolute Gasteiger partial charge is 0.547 e. The van der Waals surface area contributed by atoms with Crippen molar-refractivity contribution in [3.63, 3.8) is 0 Å². The molecule has 0 unspecified atom stereocenters. The summed E-state index contributed by atoms with van der Waals surface area (Å²) in [6.07, 6.45) is 0.527. The van der Waals surface area contributed by atoms with Crippen LogP contribution in [-0.2, 0) is 20.7 Å². The molecule has 2 N–H and O–H groups in total. The second kappa shape index (κ2) is 7.28. The molecule has 0 bridgehead atoms. The molecule has 1 aromatic rings. The molecule has 23 heavy (non-hydrogen) atoms. The van der Waals surface area contributed by atoms with Crippen LogP contribution in [0, 0.1) is 0 Å². The van der Waals surface area contributed by atoms with E-state index in [1.54, 1.807) is 18.2 Å². The Morgan fingerprint density at radius 2 is 2.13 bits per heavy atom. The first-order valence-corrected chi connectivity index (χ1v) is 7.26. The zero-order chi connectivity index (χ0) is 17.0. The summed E-state index contributed by atoms with van der Waals surface area (Å²) in [5, 5.41) is 12.7. The number of rotatable bonds is 5. The van der Waals surface area contributed by atoms with Crippen LogP contribution in [0.25, 0.3) is 0 Å². The van der Waals surface area contributed by atoms with Crippen LogP contribution in [0.2, 0.25) is 0 Å². The normalized spacial score (nSPS) is 16.1. The topological polar surface area (TPSA) is 102 Å². The minimum absolute atomic E-state index is 0.0631. The Kier molecular flexibility index (Phi) is 5.38. The van der Waals surface area contributed by atoms with E-state index in [1.165, 1.54) is 14.0 Å². The van der Waals surface area contributed by atoms with Crippen molar-refractivity contribution >= 4 is 24.8 Å². The smallest absolute Gasteiger partial charge is 0.534 e. The Morgan fingerprint density at radius 3 is 2.78 bits per heavy atom. The van der Waals surface area contributed by atoms with Gasteiger partial charge in [-0.05, 0) is 25.0 Å². The lowest BCUT2D eigenvalue weighted by Crippen LogP contribution is -2.53. The Labute approximate surface area is 134 Å². The number of benzene rings is 1. The van der Waals surface area contributed by atoms with Gasteiger partial charge in [-0.1, -0.05) is 12.1 Å². The van der Waals surface area contributed by atoms with Crippen LogP contribution >= 0.6 is 0 Å². The van der Waals surface area contributed by atoms with Gasteiger partial charge < -0.3 is 24.5 Å². The molecule has 1 amide bonds. The van der Waals surface area contributed by atoms with Gasteiger partial charge in [0.25, 0.3) is 0 Å². The zero-order valence-corrected chi connectivity index (χ0v) is 13.0. The Hall–Kier alpha value is -2.35. The molecule has 1 atom stereocenters. The van der Waals surface area contributed by atoms with Gasteiger partial charge in [-0.3, -0.25) is 4.79 Å². The van der Waals surface area contributed by atoms with Crippen LogP contribution < -0.4 is 9.97 Å². The van der Waals surface area contributed by atoms with Crippen LogP contribution in [0.15, 0.2) is 18.2 Å². The van der Waals surface area contributed by atoms with E-state index in [4.69, 9.17) is 4.65 Å². The SMILES string of the molecule is COC(=O)c1cccc2c1OB(O)[C@@H](NC(=O)CCC(C)=O)C2. The van der Waals surface area contributed by atoms with Crippen molar-refractivity contribution in [3.05, 3.63) is 29.3 Å². The molecule has 1 aromatic carbocycles. The summed E-state index contributed by atoms with van der Waals surface area (Å²) in [6.45, 7) is 1.41. The van der Waals surface area contributed by atoms with E-state index in [0.29, 0.717) is 12.0 Å². The van der Waals surface area contributed by atoms with Crippen molar-refractivity contribution in [3.8, 4) is 5.75 Å². The lowest BCUT2D eigenvalue weighted by molar-refractivity contribution is -0.124. The number of hydrogen-bond donors (Lipinski definition) is 2. The van der Waals surface area contributed by atoms with E-state index >= 15 is 0 Å². The molecule has 0 spiro atoms. The lowest BCUT2D eigenvalue weighted by Gasteiger charge is -2.29. The number of hydrogen-bond acceptors (Lipinski definition) is 6. The van der Waals surface area contributed by atoms with Crippen molar-refractivity contribution < 1.29 is 28.8 Å². The summed E-state index contributed by atoms with van der Waals surface area (Å²) in [5.74, 6) is -1.34. The molecule has 1 heterocycles. The zero-order valence-electron chi connectivity index (χ0n) is 13.0. The summed E-state index contributed by atoms with van der Waals surface area (Å²) in [4.78, 5) is 34.4. The molecule has 1 aliphatic heterocycles. The molecule has 0 aromatic heterocycles. The van der Waals surface area contributed by atoms with Gasteiger partial charge in [-0.2, -0.15) is 0 Å². The Morgan fingerprint density at radius 1 is 1.39 bits per heavy atom. The van der Waals surface area contributed by atoms with Gasteiger partial charge in [0.2, 0.25) is 5.91 Å². The molecular weight excluding hydrogens is 301 g/mol. The number of fused-ring (bicyclic) bond motifs is 1. The maximum absolute atomic E-state index is 11.8. The molecule has 1 aliphatic rings. The van der Waals surface area contributed by atoms with Crippen LogP contribution in [0.4, 0.5) is 0 Å². The predicted octanol–water partition coefficient (Wildman–Crippen LogP) is 0.282. The quantitative estimate of drug-likeness (QED) is 0.597. The standard InChI is InChI=1S/C15H18BNO6/c1-9(18)6-7-13(19)17-12-8-10-4-3-5-11(15(20)22-2)14(10)23-16(12)21/h3-5,12,21H,6-8H2,1-2H3,(H,17,19)/t12-/m0/s1. The van der Waals surface area contributed by atoms with E-state index in [9.17, 15) is 19.4 Å². The first kappa shape index (κ1) is 17.0. The number of carbonyl (C=O) groups is 3. The molecule has 2 rings (SSSR count). The fourth-order valence-electron chi connectivity index (χ4n) is 2.39. The van der Waals surface area contributed by atoms with Crippen molar-refractivity contribution in [1.82, 2.24) is 5.32 Å². The monoisotopic (exact) mass is 319 g/mol. The first-order chi connectivity index (χ1) is 10.9. The van der Waals surface area contributed by atoms with Crippen LogP contribution in [0.5, 0.6) is 5.75 Å². The molecule has 8 heteroatoms. The van der Waals surface area contributed by atoms with Gasteiger partial charge in [-0.15, -0.1) is 0 Å². The van der Waals surface area contributed by atoms with E-state index in [1.807, 2.05) is 0 Å². The van der Waals surface area contributed by atoms with Gasteiger partial charge in [0.05, 0.1) is 13.1 Å². The van der Waals surface area contributed by atoms with E-state index < -0.39 is 19.0 Å². The number of amides is 1. The third-order valence-corrected chi connectivity index (χ3v) is 3.58. The fourth-order valence-corrected chi connectivity index (χ4v) is 2.39. The summed E-state index contributed by atoms with van der Waals surface area (Å²) < 4.78 is 10.1. The number of ether oxygens (including phenoxy) is 1. The van der Waals surface area contributed by atoms with Crippen molar-refractivity contribution in [2.75, 3.05) is 7.11 Å². The molecule has 0 saturated heterocycles. The highest BCUT2D eigenvalue weighted by atomic mass is 16.5. The molecule has 0 radical (unpaired) electrons. The average molecular weight is 319 g/mol. The maximum Gasteiger partial charge on any atom is 0.547 e. The Bertz CT molecular complexity index is 632. The van der Waals surface area contributed by atoms with E-state index in [0.717, 1.165) is 0 Å². The van der Waals surface area contributed by atoms with Crippen molar-refractivity contribution in [2.24, 2.45) is 0 Å². The number of para-hydroxylation sites is 1. The number of Topliss-reactive ketones (excluding diaryl/α,β-unsaturated/α-hetero) is 1. The van der Waals surface area contributed by atoms with E-state index in [2.05, 4.69) is 10.1 Å². The molecule has 0 aliphatic carbocycles. The number of ketones is 1. The highest BCUT2D eigenvalue weighted by Gasteiger charge is 2.37. The van der Waals surface area contributed by atoms with Gasteiger partial charge in [0, 0.05) is 12.8 Å². The second-order valence-electron chi connectivity index (χ2n) is 5.37. The highest BCUT2D eigenvalue weighted by molar-refractivity contribution is 6.47. The number of carbonyl (C=O) groups excluding carboxylic acids is 3. The van der Waals surface area contributed by atoms with Crippen LogP contribution in [0.3, 0.4) is 0 Å². The minimum atomic E-state index is -1.28. The molecular formula is C15H18BNO6. The van der Waals surface area contributed by atoms with Crippen LogP contribution in [-0.4, -0.2) is 42.9 Å². The fraction of sp³-hybridized carbons (Fsp3) is 0.400. The van der Waals surface area contributed by atoms with Gasteiger partial charge in [0.15, 0.2) is 0 Å². The highest BCUT2D eigenvalue weighted by Crippen LogP contribution is 2.30. The maximum atomic E-state index is 11.8. The van der Waals surface area contributed by atoms with Crippen molar-refractivity contribution in [1.29, 1.82) is 0 Å². The Balaban J connectivity index is 2.11. The molecule has 0 saturated carbocycles. The van der Waals surface area contributed by atoms with Gasteiger partial charge in [-0.25, -0.2) is 4.79 Å².